The molecule has 122 valence electrons. The molecule has 4 nitrogen and oxygen atoms in total. The minimum atomic E-state index is -0.487. The number of carbonyl (C=O) groups excluding carboxylic acids is 2. The average Bonchev–Trinajstić information content (AvgIpc) is 2.52. The van der Waals surface area contributed by atoms with Crippen LogP contribution in [0.15, 0.2) is 24.3 Å². The summed E-state index contributed by atoms with van der Waals surface area (Å²) in [7, 11) is 0. The highest BCUT2D eigenvalue weighted by molar-refractivity contribution is 5.80. The molecule has 1 rings (SSSR count). The number of hydrogen-bond donors (Lipinski definition) is 0. The molecule has 4 heteroatoms. The summed E-state index contributed by atoms with van der Waals surface area (Å²) in [6.45, 7) is 6.66. The van der Waals surface area contributed by atoms with Crippen LogP contribution in [0, 0.1) is 12.8 Å². The van der Waals surface area contributed by atoms with Gasteiger partial charge >= 0.3 is 11.9 Å². The Labute approximate surface area is 132 Å². The lowest BCUT2D eigenvalue weighted by Gasteiger charge is -2.15. The van der Waals surface area contributed by atoms with Gasteiger partial charge in [0.1, 0.15) is 0 Å². The molecule has 0 saturated carbocycles. The third kappa shape index (κ3) is 6.74. The summed E-state index contributed by atoms with van der Waals surface area (Å²) in [6, 6.07) is 7.96. The Morgan fingerprint density at radius 3 is 2.18 bits per heavy atom. The number of aryl methyl sites for hydroxylation is 1. The van der Waals surface area contributed by atoms with Crippen molar-refractivity contribution in [2.45, 2.75) is 46.5 Å². The van der Waals surface area contributed by atoms with Crippen LogP contribution >= 0.6 is 0 Å². The van der Waals surface area contributed by atoms with Gasteiger partial charge in [-0.25, -0.2) is 0 Å². The molecular weight excluding hydrogens is 280 g/mol. The molecule has 1 atom stereocenters. The zero-order valence-corrected chi connectivity index (χ0v) is 13.8. The second kappa shape index (κ2) is 9.98. The van der Waals surface area contributed by atoms with Crippen LogP contribution in [0.3, 0.4) is 0 Å². The predicted octanol–water partition coefficient (Wildman–Crippen LogP) is 3.45. The van der Waals surface area contributed by atoms with E-state index >= 15 is 0 Å². The summed E-state index contributed by atoms with van der Waals surface area (Å²) >= 11 is 0. The van der Waals surface area contributed by atoms with Crippen LogP contribution in [0.1, 0.15) is 44.2 Å². The summed E-state index contributed by atoms with van der Waals surface area (Å²) in [5, 5.41) is 0. The fourth-order valence-corrected chi connectivity index (χ4v) is 2.04. The molecule has 1 aromatic carbocycles. The summed E-state index contributed by atoms with van der Waals surface area (Å²) in [5.74, 6) is -1.15. The molecule has 0 aliphatic carbocycles. The van der Waals surface area contributed by atoms with Gasteiger partial charge in [-0.3, -0.25) is 9.59 Å². The van der Waals surface area contributed by atoms with Crippen molar-refractivity contribution in [2.24, 2.45) is 5.92 Å². The Morgan fingerprint density at radius 1 is 1.00 bits per heavy atom. The van der Waals surface area contributed by atoms with E-state index in [9.17, 15) is 9.59 Å². The zero-order valence-electron chi connectivity index (χ0n) is 13.8. The van der Waals surface area contributed by atoms with Crippen LogP contribution in [0.5, 0.6) is 0 Å². The zero-order chi connectivity index (χ0) is 16.4. The quantitative estimate of drug-likeness (QED) is 0.656. The van der Waals surface area contributed by atoms with Gasteiger partial charge < -0.3 is 9.47 Å². The molecule has 0 radical (unpaired) electrons. The van der Waals surface area contributed by atoms with Crippen molar-refractivity contribution < 1.29 is 19.1 Å². The molecule has 0 bridgehead atoms. The third-order valence-electron chi connectivity index (χ3n) is 3.26. The summed E-state index contributed by atoms with van der Waals surface area (Å²) in [6.07, 6.45) is 2.10. The average molecular weight is 306 g/mol. The lowest BCUT2D eigenvalue weighted by Crippen LogP contribution is -2.24. The van der Waals surface area contributed by atoms with Crippen molar-refractivity contribution in [1.29, 1.82) is 0 Å². The van der Waals surface area contributed by atoms with E-state index in [-0.39, 0.29) is 18.4 Å². The van der Waals surface area contributed by atoms with Crippen molar-refractivity contribution in [2.75, 3.05) is 13.2 Å². The summed E-state index contributed by atoms with van der Waals surface area (Å²) in [5.41, 5.74) is 2.18. The molecule has 0 N–H and O–H groups in total. The van der Waals surface area contributed by atoms with Gasteiger partial charge in [-0.15, -0.1) is 0 Å². The van der Waals surface area contributed by atoms with Crippen molar-refractivity contribution in [3.63, 3.8) is 0 Å². The van der Waals surface area contributed by atoms with Gasteiger partial charge in [0.05, 0.1) is 25.6 Å². The number of esters is 2. The van der Waals surface area contributed by atoms with E-state index in [1.807, 2.05) is 45.0 Å². The molecule has 0 amide bonds. The Balaban J connectivity index is 2.70. The Morgan fingerprint density at radius 2 is 1.59 bits per heavy atom. The van der Waals surface area contributed by atoms with Gasteiger partial charge in [0.25, 0.3) is 0 Å². The first-order valence-electron chi connectivity index (χ1n) is 7.94. The van der Waals surface area contributed by atoms with Crippen LogP contribution in [0.4, 0.5) is 0 Å². The molecule has 0 aromatic heterocycles. The molecule has 22 heavy (non-hydrogen) atoms. The molecular formula is C18H26O4. The number of benzene rings is 1. The minimum Gasteiger partial charge on any atom is -0.466 e. The van der Waals surface area contributed by atoms with Crippen LogP contribution in [0.25, 0.3) is 0 Å². The first kappa shape index (κ1) is 18.2. The highest BCUT2D eigenvalue weighted by Crippen LogP contribution is 2.16. The molecule has 0 aliphatic heterocycles. The van der Waals surface area contributed by atoms with E-state index in [0.29, 0.717) is 19.6 Å². The van der Waals surface area contributed by atoms with E-state index in [0.717, 1.165) is 24.0 Å². The number of carbonyl (C=O) groups is 2. The molecule has 0 fully saturated rings. The molecule has 0 spiro atoms. The summed E-state index contributed by atoms with van der Waals surface area (Å²) in [4.78, 5) is 24.0. The van der Waals surface area contributed by atoms with E-state index in [1.54, 1.807) is 0 Å². The Bertz CT molecular complexity index is 464. The Hall–Kier alpha value is -1.84. The second-order valence-electron chi connectivity index (χ2n) is 5.48. The van der Waals surface area contributed by atoms with Crippen molar-refractivity contribution >= 4 is 11.9 Å². The molecule has 0 saturated heterocycles. The van der Waals surface area contributed by atoms with Crippen molar-refractivity contribution in [3.8, 4) is 0 Å². The van der Waals surface area contributed by atoms with Gasteiger partial charge in [0, 0.05) is 0 Å². The minimum absolute atomic E-state index is 0.0659. The maximum atomic E-state index is 12.2. The lowest BCUT2D eigenvalue weighted by molar-refractivity contribution is -0.155. The maximum Gasteiger partial charge on any atom is 0.309 e. The fourth-order valence-electron chi connectivity index (χ4n) is 2.04. The first-order chi connectivity index (χ1) is 10.6. The summed E-state index contributed by atoms with van der Waals surface area (Å²) < 4.78 is 10.3. The third-order valence-corrected chi connectivity index (χ3v) is 3.26. The van der Waals surface area contributed by atoms with Gasteiger partial charge in [-0.05, 0) is 31.7 Å². The van der Waals surface area contributed by atoms with Gasteiger partial charge in [0.2, 0.25) is 0 Å². The van der Waals surface area contributed by atoms with E-state index in [4.69, 9.17) is 9.47 Å². The topological polar surface area (TPSA) is 52.6 Å². The van der Waals surface area contributed by atoms with Crippen molar-refractivity contribution in [3.05, 3.63) is 35.4 Å². The van der Waals surface area contributed by atoms with E-state index in [2.05, 4.69) is 0 Å². The second-order valence-corrected chi connectivity index (χ2v) is 5.48. The van der Waals surface area contributed by atoms with Gasteiger partial charge in [0.15, 0.2) is 0 Å². The van der Waals surface area contributed by atoms with Gasteiger partial charge in [-0.1, -0.05) is 43.7 Å². The van der Waals surface area contributed by atoms with Crippen LogP contribution in [0.2, 0.25) is 0 Å². The van der Waals surface area contributed by atoms with Crippen LogP contribution in [-0.2, 0) is 25.5 Å². The molecule has 0 heterocycles. The van der Waals surface area contributed by atoms with E-state index < -0.39 is 5.92 Å². The first-order valence-corrected chi connectivity index (χ1v) is 7.94. The standard InChI is InChI=1S/C18H26O4/c1-4-10-21-17(19)13-16(18(20)22-11-5-2)12-15-8-6-14(3)7-9-15/h6-9,16H,4-5,10-13H2,1-3H3. The number of rotatable bonds is 9. The Kier molecular flexibility index (Phi) is 8.26. The number of ether oxygens (including phenoxy) is 2. The monoisotopic (exact) mass is 306 g/mol. The number of hydrogen-bond acceptors (Lipinski definition) is 4. The molecule has 1 aromatic rings. The fraction of sp³-hybridized carbons (Fsp3) is 0.556. The molecule has 0 aliphatic rings. The normalized spacial score (nSPS) is 11.8. The SMILES string of the molecule is CCCOC(=O)CC(Cc1ccc(C)cc1)C(=O)OCCC. The largest absolute Gasteiger partial charge is 0.466 e. The van der Waals surface area contributed by atoms with Gasteiger partial charge in [-0.2, -0.15) is 0 Å². The maximum absolute atomic E-state index is 12.2. The van der Waals surface area contributed by atoms with Crippen LogP contribution in [-0.4, -0.2) is 25.2 Å². The highest BCUT2D eigenvalue weighted by atomic mass is 16.5. The predicted molar refractivity (Wildman–Crippen MR) is 85.5 cm³/mol. The van der Waals surface area contributed by atoms with Crippen molar-refractivity contribution in [1.82, 2.24) is 0 Å². The lowest BCUT2D eigenvalue weighted by atomic mass is 9.95. The van der Waals surface area contributed by atoms with E-state index in [1.165, 1.54) is 0 Å². The van der Waals surface area contributed by atoms with Crippen LogP contribution < -0.4 is 0 Å². The molecule has 1 unspecified atom stereocenters. The highest BCUT2D eigenvalue weighted by Gasteiger charge is 2.24. The smallest absolute Gasteiger partial charge is 0.309 e.